The summed E-state index contributed by atoms with van der Waals surface area (Å²) in [6.45, 7) is 5.38. The van der Waals surface area contributed by atoms with Gasteiger partial charge in [0, 0.05) is 37.6 Å². The Hall–Kier alpha value is -1.64. The molecule has 3 rings (SSSR count). The second kappa shape index (κ2) is 8.37. The summed E-state index contributed by atoms with van der Waals surface area (Å²) in [5.74, 6) is -0.704. The number of halogens is 3. The molecule has 1 saturated heterocycles. The number of hydrogen-bond donors (Lipinski definition) is 1. The fourth-order valence-electron chi connectivity index (χ4n) is 3.31. The van der Waals surface area contributed by atoms with Crippen molar-refractivity contribution in [1.29, 1.82) is 0 Å². The van der Waals surface area contributed by atoms with E-state index < -0.39 is 17.7 Å². The largest absolute Gasteiger partial charge is 0.373 e. The molecule has 1 N–H and O–H groups in total. The molecular formula is C18H21BrF2N4O. The van der Waals surface area contributed by atoms with Crippen LogP contribution in [0.2, 0.25) is 0 Å². The lowest BCUT2D eigenvalue weighted by Crippen LogP contribution is -2.48. The van der Waals surface area contributed by atoms with Crippen LogP contribution < -0.4 is 5.32 Å². The van der Waals surface area contributed by atoms with Crippen LogP contribution in [-0.4, -0.2) is 46.7 Å². The number of nitrogens with one attached hydrogen (secondary N) is 1. The third-order valence-electron chi connectivity index (χ3n) is 4.30. The number of nitrogens with zero attached hydrogens (tertiary/aromatic N) is 3. The van der Waals surface area contributed by atoms with Crippen molar-refractivity contribution in [3.05, 3.63) is 52.3 Å². The van der Waals surface area contributed by atoms with Gasteiger partial charge in [0.2, 0.25) is 5.95 Å². The quantitative estimate of drug-likeness (QED) is 0.788. The zero-order valence-electron chi connectivity index (χ0n) is 14.6. The molecule has 0 radical (unpaired) electrons. The first-order chi connectivity index (χ1) is 12.4. The first-order valence-electron chi connectivity index (χ1n) is 8.49. The van der Waals surface area contributed by atoms with E-state index in [4.69, 9.17) is 4.74 Å². The summed E-state index contributed by atoms with van der Waals surface area (Å²) in [4.78, 5) is 10.4. The molecule has 3 unspecified atom stereocenters. The standard InChI is InChI=1S/C18H21BrF2N4O/c1-11-9-25(10-12(2)26-11)16(17-14(20)4-3-5-15(17)21)8-24-18-22-6-13(19)7-23-18/h3-7,11-12,16H,8-10H2,1-2H3,(H,22,23,24). The number of benzene rings is 1. The van der Waals surface area contributed by atoms with Crippen LogP contribution in [0.3, 0.4) is 0 Å². The van der Waals surface area contributed by atoms with Crippen LogP contribution >= 0.6 is 15.9 Å². The van der Waals surface area contributed by atoms with Gasteiger partial charge in [0.05, 0.1) is 22.7 Å². The summed E-state index contributed by atoms with van der Waals surface area (Å²) in [5, 5.41) is 3.09. The molecule has 1 aliphatic rings. The lowest BCUT2D eigenvalue weighted by molar-refractivity contribution is -0.0801. The van der Waals surface area contributed by atoms with Crippen LogP contribution in [0.1, 0.15) is 25.5 Å². The Kier molecular flexibility index (Phi) is 6.16. The number of hydrogen-bond acceptors (Lipinski definition) is 5. The van der Waals surface area contributed by atoms with E-state index in [1.54, 1.807) is 12.4 Å². The molecule has 26 heavy (non-hydrogen) atoms. The zero-order valence-corrected chi connectivity index (χ0v) is 16.2. The highest BCUT2D eigenvalue weighted by Crippen LogP contribution is 2.29. The SMILES string of the molecule is CC1CN(C(CNc2ncc(Br)cn2)c2c(F)cccc2F)CC(C)O1. The van der Waals surface area contributed by atoms with Crippen molar-refractivity contribution in [2.45, 2.75) is 32.1 Å². The molecule has 2 heterocycles. The topological polar surface area (TPSA) is 50.3 Å². The number of rotatable bonds is 5. The molecule has 5 nitrogen and oxygen atoms in total. The van der Waals surface area contributed by atoms with Crippen molar-refractivity contribution < 1.29 is 13.5 Å². The smallest absolute Gasteiger partial charge is 0.222 e. The van der Waals surface area contributed by atoms with Crippen molar-refractivity contribution in [1.82, 2.24) is 14.9 Å². The van der Waals surface area contributed by atoms with Crippen LogP contribution in [0, 0.1) is 11.6 Å². The molecule has 1 aromatic heterocycles. The van der Waals surface area contributed by atoms with Crippen molar-refractivity contribution in [3.8, 4) is 0 Å². The highest BCUT2D eigenvalue weighted by atomic mass is 79.9. The zero-order chi connectivity index (χ0) is 18.7. The third kappa shape index (κ3) is 4.55. The maximum absolute atomic E-state index is 14.5. The van der Waals surface area contributed by atoms with Gasteiger partial charge in [-0.25, -0.2) is 18.7 Å². The predicted molar refractivity (Wildman–Crippen MR) is 98.9 cm³/mol. The Morgan fingerprint density at radius 2 is 1.77 bits per heavy atom. The van der Waals surface area contributed by atoms with Gasteiger partial charge in [0.15, 0.2) is 0 Å². The third-order valence-corrected chi connectivity index (χ3v) is 4.70. The molecule has 0 amide bonds. The molecule has 1 fully saturated rings. The summed E-state index contributed by atoms with van der Waals surface area (Å²) in [5.41, 5.74) is 0.0541. The van der Waals surface area contributed by atoms with Crippen LogP contribution in [0.5, 0.6) is 0 Å². The van der Waals surface area contributed by atoms with Gasteiger partial charge in [-0.05, 0) is 41.9 Å². The van der Waals surface area contributed by atoms with Gasteiger partial charge in [-0.1, -0.05) is 6.07 Å². The Labute approximate surface area is 159 Å². The van der Waals surface area contributed by atoms with Gasteiger partial charge in [0.1, 0.15) is 11.6 Å². The van der Waals surface area contributed by atoms with E-state index >= 15 is 0 Å². The highest BCUT2D eigenvalue weighted by molar-refractivity contribution is 9.10. The van der Waals surface area contributed by atoms with Crippen LogP contribution in [0.25, 0.3) is 0 Å². The van der Waals surface area contributed by atoms with Gasteiger partial charge >= 0.3 is 0 Å². The van der Waals surface area contributed by atoms with Gasteiger partial charge in [-0.15, -0.1) is 0 Å². The summed E-state index contributed by atoms with van der Waals surface area (Å²) >= 11 is 3.28. The molecule has 0 spiro atoms. The lowest BCUT2D eigenvalue weighted by Gasteiger charge is -2.40. The maximum atomic E-state index is 14.5. The number of aromatic nitrogens is 2. The first kappa shape index (κ1) is 19.1. The Morgan fingerprint density at radius 3 is 2.35 bits per heavy atom. The van der Waals surface area contributed by atoms with Crippen LogP contribution in [0.15, 0.2) is 35.1 Å². The monoisotopic (exact) mass is 426 g/mol. The molecule has 8 heteroatoms. The molecule has 0 saturated carbocycles. The van der Waals surface area contributed by atoms with Gasteiger partial charge in [-0.3, -0.25) is 4.90 Å². The van der Waals surface area contributed by atoms with Crippen molar-refractivity contribution in [2.24, 2.45) is 0 Å². The minimum atomic E-state index is -0.555. The minimum absolute atomic E-state index is 0.0139. The Balaban J connectivity index is 1.87. The average Bonchev–Trinajstić information content (AvgIpc) is 2.58. The van der Waals surface area contributed by atoms with E-state index in [1.165, 1.54) is 18.2 Å². The molecule has 140 valence electrons. The lowest BCUT2D eigenvalue weighted by atomic mass is 10.0. The second-order valence-corrected chi connectivity index (χ2v) is 7.38. The van der Waals surface area contributed by atoms with E-state index in [0.29, 0.717) is 19.0 Å². The van der Waals surface area contributed by atoms with E-state index in [2.05, 4.69) is 31.2 Å². The normalized spacial score (nSPS) is 22.2. The van der Waals surface area contributed by atoms with Crippen LogP contribution in [0.4, 0.5) is 14.7 Å². The van der Waals surface area contributed by atoms with Gasteiger partial charge in [0.25, 0.3) is 0 Å². The summed E-state index contributed by atoms with van der Waals surface area (Å²) in [6.07, 6.45) is 3.21. The summed E-state index contributed by atoms with van der Waals surface area (Å²) in [6, 6.07) is 3.45. The molecular weight excluding hydrogens is 406 g/mol. The minimum Gasteiger partial charge on any atom is -0.373 e. The second-order valence-electron chi connectivity index (χ2n) is 6.47. The van der Waals surface area contributed by atoms with Crippen molar-refractivity contribution in [3.63, 3.8) is 0 Å². The Morgan fingerprint density at radius 1 is 1.19 bits per heavy atom. The molecule has 2 aromatic rings. The van der Waals surface area contributed by atoms with Crippen molar-refractivity contribution >= 4 is 21.9 Å². The fraction of sp³-hybridized carbons (Fsp3) is 0.444. The molecule has 0 aliphatic carbocycles. The first-order valence-corrected chi connectivity index (χ1v) is 9.28. The summed E-state index contributed by atoms with van der Waals surface area (Å²) in [7, 11) is 0. The number of anilines is 1. The highest BCUT2D eigenvalue weighted by Gasteiger charge is 2.32. The molecule has 3 atom stereocenters. The molecule has 1 aliphatic heterocycles. The number of ether oxygens (including phenoxy) is 1. The van der Waals surface area contributed by atoms with Crippen LogP contribution in [-0.2, 0) is 4.74 Å². The summed E-state index contributed by atoms with van der Waals surface area (Å²) < 4.78 is 35.4. The van der Waals surface area contributed by atoms with Crippen molar-refractivity contribution in [2.75, 3.05) is 25.0 Å². The predicted octanol–water partition coefficient (Wildman–Crippen LogP) is 3.78. The molecule has 0 bridgehead atoms. The average molecular weight is 427 g/mol. The Bertz CT molecular complexity index is 716. The van der Waals surface area contributed by atoms with E-state index in [-0.39, 0.29) is 24.3 Å². The van der Waals surface area contributed by atoms with E-state index in [9.17, 15) is 8.78 Å². The van der Waals surface area contributed by atoms with E-state index in [1.807, 2.05) is 18.7 Å². The molecule has 1 aromatic carbocycles. The fourth-order valence-corrected chi connectivity index (χ4v) is 3.51. The number of morpholine rings is 1. The maximum Gasteiger partial charge on any atom is 0.222 e. The van der Waals surface area contributed by atoms with Gasteiger partial charge < -0.3 is 10.1 Å². The van der Waals surface area contributed by atoms with Gasteiger partial charge in [-0.2, -0.15) is 0 Å². The van der Waals surface area contributed by atoms with E-state index in [0.717, 1.165) is 4.47 Å².